The first-order valence-electron chi connectivity index (χ1n) is 6.35. The molecule has 1 saturated heterocycles. The third-order valence-electron chi connectivity index (χ3n) is 3.62. The number of aromatic hydroxyl groups is 1. The Morgan fingerprint density at radius 3 is 2.82 bits per heavy atom. The van der Waals surface area contributed by atoms with Crippen LogP contribution in [0.5, 0.6) is 5.75 Å². The molecule has 0 unspecified atom stereocenters. The lowest BCUT2D eigenvalue weighted by atomic mass is 10.1. The molecule has 3 rings (SSSR count). The van der Waals surface area contributed by atoms with Crippen LogP contribution >= 0.6 is 0 Å². The summed E-state index contributed by atoms with van der Waals surface area (Å²) < 4.78 is 0. The van der Waals surface area contributed by atoms with E-state index in [0.29, 0.717) is 5.75 Å². The van der Waals surface area contributed by atoms with Crippen LogP contribution < -0.4 is 0 Å². The molecule has 1 aliphatic rings. The van der Waals surface area contributed by atoms with E-state index in [-0.39, 0.29) is 0 Å². The van der Waals surface area contributed by atoms with E-state index in [4.69, 9.17) is 0 Å². The minimum absolute atomic E-state index is 0.340. The van der Waals surface area contributed by atoms with Crippen molar-refractivity contribution in [3.8, 4) is 5.75 Å². The first-order valence-corrected chi connectivity index (χ1v) is 6.35. The minimum Gasteiger partial charge on any atom is -0.506 e. The molecule has 1 aliphatic heterocycles. The van der Waals surface area contributed by atoms with Gasteiger partial charge in [0.1, 0.15) is 5.75 Å². The highest BCUT2D eigenvalue weighted by molar-refractivity contribution is 5.87. The molecule has 1 aromatic heterocycles. The van der Waals surface area contributed by atoms with Crippen LogP contribution in [0.25, 0.3) is 10.9 Å². The summed E-state index contributed by atoms with van der Waals surface area (Å²) in [6, 6.07) is 5.71. The number of piperidine rings is 1. The van der Waals surface area contributed by atoms with Gasteiger partial charge in [0.2, 0.25) is 0 Å². The average Bonchev–Trinajstić information content (AvgIpc) is 2.76. The predicted molar refractivity (Wildman–Crippen MR) is 69.1 cm³/mol. The smallest absolute Gasteiger partial charge is 0.139 e. The summed E-state index contributed by atoms with van der Waals surface area (Å²) in [7, 11) is 0. The molecule has 3 nitrogen and oxygen atoms in total. The Morgan fingerprint density at radius 1 is 1.18 bits per heavy atom. The molecule has 0 aliphatic carbocycles. The maximum Gasteiger partial charge on any atom is 0.139 e. The summed E-state index contributed by atoms with van der Waals surface area (Å²) in [5.74, 6) is 0.340. The highest BCUT2D eigenvalue weighted by atomic mass is 16.3. The first-order chi connectivity index (χ1) is 8.34. The van der Waals surface area contributed by atoms with E-state index in [1.54, 1.807) is 6.07 Å². The summed E-state index contributed by atoms with van der Waals surface area (Å²) in [6.45, 7) is 3.39. The van der Waals surface area contributed by atoms with Crippen molar-refractivity contribution in [3.63, 3.8) is 0 Å². The van der Waals surface area contributed by atoms with Gasteiger partial charge in [0.25, 0.3) is 0 Å². The third kappa shape index (κ3) is 2.03. The van der Waals surface area contributed by atoms with Gasteiger partial charge in [-0.15, -0.1) is 0 Å². The molecule has 1 fully saturated rings. The molecule has 2 aromatic rings. The van der Waals surface area contributed by atoms with Gasteiger partial charge in [0.05, 0.1) is 5.52 Å². The van der Waals surface area contributed by atoms with Gasteiger partial charge in [-0.1, -0.05) is 18.6 Å². The van der Waals surface area contributed by atoms with Gasteiger partial charge in [-0.25, -0.2) is 0 Å². The van der Waals surface area contributed by atoms with Crippen LogP contribution in [0, 0.1) is 0 Å². The molecule has 0 atom stereocenters. The van der Waals surface area contributed by atoms with Gasteiger partial charge >= 0.3 is 0 Å². The zero-order chi connectivity index (χ0) is 11.7. The lowest BCUT2D eigenvalue weighted by molar-refractivity contribution is 0.221. The molecular weight excluding hydrogens is 212 g/mol. The second kappa shape index (κ2) is 4.41. The van der Waals surface area contributed by atoms with E-state index in [9.17, 15) is 5.11 Å². The Balaban J connectivity index is 1.87. The minimum atomic E-state index is 0.340. The number of rotatable bonds is 2. The van der Waals surface area contributed by atoms with Crippen molar-refractivity contribution in [1.29, 1.82) is 0 Å². The van der Waals surface area contributed by atoms with Crippen molar-refractivity contribution in [2.45, 2.75) is 25.8 Å². The van der Waals surface area contributed by atoms with Crippen molar-refractivity contribution in [2.24, 2.45) is 0 Å². The van der Waals surface area contributed by atoms with Crippen LogP contribution in [-0.4, -0.2) is 28.1 Å². The van der Waals surface area contributed by atoms with Gasteiger partial charge in [-0.2, -0.15) is 0 Å². The van der Waals surface area contributed by atoms with Gasteiger partial charge in [-0.3, -0.25) is 4.90 Å². The van der Waals surface area contributed by atoms with Crippen molar-refractivity contribution >= 4 is 10.9 Å². The molecule has 17 heavy (non-hydrogen) atoms. The largest absolute Gasteiger partial charge is 0.506 e. The van der Waals surface area contributed by atoms with E-state index in [2.05, 4.69) is 16.0 Å². The molecule has 2 N–H and O–H groups in total. The number of para-hydroxylation sites is 1. The fourth-order valence-corrected chi connectivity index (χ4v) is 2.69. The van der Waals surface area contributed by atoms with Crippen LogP contribution in [-0.2, 0) is 6.54 Å². The number of phenols is 1. The lowest BCUT2D eigenvalue weighted by Crippen LogP contribution is -2.28. The molecule has 2 heterocycles. The topological polar surface area (TPSA) is 39.3 Å². The zero-order valence-electron chi connectivity index (χ0n) is 9.95. The highest BCUT2D eigenvalue weighted by Gasteiger charge is 2.13. The number of H-pyrrole nitrogens is 1. The number of fused-ring (bicyclic) bond motifs is 1. The summed E-state index contributed by atoms with van der Waals surface area (Å²) in [6.07, 6.45) is 6.02. The molecule has 0 amide bonds. The molecule has 90 valence electrons. The number of nitrogens with zero attached hydrogens (tertiary/aromatic N) is 1. The summed E-state index contributed by atoms with van der Waals surface area (Å²) in [4.78, 5) is 5.67. The first kappa shape index (κ1) is 10.7. The SMILES string of the molecule is Oc1cccc2c(CN3CCCCC3)c[nH]c12. The fraction of sp³-hybridized carbons (Fsp3) is 0.429. The highest BCUT2D eigenvalue weighted by Crippen LogP contribution is 2.27. The Bertz CT molecular complexity index is 512. The number of hydrogen-bond donors (Lipinski definition) is 2. The van der Waals surface area contributed by atoms with Crippen LogP contribution in [0.2, 0.25) is 0 Å². The number of aromatic amines is 1. The average molecular weight is 230 g/mol. The molecule has 0 spiro atoms. The molecule has 0 saturated carbocycles. The third-order valence-corrected chi connectivity index (χ3v) is 3.62. The maximum atomic E-state index is 9.75. The van der Waals surface area contributed by atoms with Gasteiger partial charge in [0, 0.05) is 18.1 Å². The zero-order valence-corrected chi connectivity index (χ0v) is 9.95. The number of hydrogen-bond acceptors (Lipinski definition) is 2. The summed E-state index contributed by atoms with van der Waals surface area (Å²) in [5.41, 5.74) is 2.15. The monoisotopic (exact) mass is 230 g/mol. The van der Waals surface area contributed by atoms with E-state index in [1.165, 1.54) is 37.9 Å². The van der Waals surface area contributed by atoms with Crippen molar-refractivity contribution in [3.05, 3.63) is 30.0 Å². The van der Waals surface area contributed by atoms with Crippen molar-refractivity contribution in [1.82, 2.24) is 9.88 Å². The summed E-state index contributed by atoms with van der Waals surface area (Å²) >= 11 is 0. The second-order valence-electron chi connectivity index (χ2n) is 4.85. The predicted octanol–water partition coefficient (Wildman–Crippen LogP) is 2.86. The molecular formula is C14H18N2O. The van der Waals surface area contributed by atoms with E-state index in [0.717, 1.165) is 17.4 Å². The molecule has 0 bridgehead atoms. The molecule has 3 heteroatoms. The number of likely N-dealkylation sites (tertiary alicyclic amines) is 1. The van der Waals surface area contributed by atoms with E-state index < -0.39 is 0 Å². The Hall–Kier alpha value is -1.48. The number of benzene rings is 1. The number of phenolic OH excluding ortho intramolecular Hbond substituents is 1. The van der Waals surface area contributed by atoms with E-state index in [1.807, 2.05) is 12.3 Å². The van der Waals surface area contributed by atoms with Gasteiger partial charge in [0.15, 0.2) is 0 Å². The second-order valence-corrected chi connectivity index (χ2v) is 4.85. The van der Waals surface area contributed by atoms with Gasteiger partial charge in [-0.05, 0) is 37.6 Å². The lowest BCUT2D eigenvalue weighted by Gasteiger charge is -2.26. The molecule has 0 radical (unpaired) electrons. The normalized spacial score (nSPS) is 17.6. The van der Waals surface area contributed by atoms with Crippen molar-refractivity contribution < 1.29 is 5.11 Å². The molecule has 1 aromatic carbocycles. The van der Waals surface area contributed by atoms with Crippen LogP contribution in [0.15, 0.2) is 24.4 Å². The quantitative estimate of drug-likeness (QED) is 0.832. The van der Waals surface area contributed by atoms with Crippen LogP contribution in [0.3, 0.4) is 0 Å². The van der Waals surface area contributed by atoms with E-state index >= 15 is 0 Å². The summed E-state index contributed by atoms with van der Waals surface area (Å²) in [5, 5.41) is 10.9. The standard InChI is InChI=1S/C14H18N2O/c17-13-6-4-5-12-11(9-15-14(12)13)10-16-7-2-1-3-8-16/h4-6,9,15,17H,1-3,7-8,10H2. The Kier molecular flexibility index (Phi) is 2.77. The van der Waals surface area contributed by atoms with Crippen LogP contribution in [0.1, 0.15) is 24.8 Å². The number of aromatic nitrogens is 1. The fourth-order valence-electron chi connectivity index (χ4n) is 2.69. The number of nitrogens with one attached hydrogen (secondary N) is 1. The Labute approximate surface area is 101 Å². The Morgan fingerprint density at radius 2 is 2.00 bits per heavy atom. The van der Waals surface area contributed by atoms with Crippen molar-refractivity contribution in [2.75, 3.05) is 13.1 Å². The van der Waals surface area contributed by atoms with Crippen LogP contribution in [0.4, 0.5) is 0 Å². The maximum absolute atomic E-state index is 9.75. The van der Waals surface area contributed by atoms with Gasteiger partial charge < -0.3 is 10.1 Å².